The van der Waals surface area contributed by atoms with E-state index in [1.165, 1.54) is 0 Å². The monoisotopic (exact) mass is 281 g/mol. The first-order chi connectivity index (χ1) is 10.2. The molecule has 0 aliphatic carbocycles. The van der Waals surface area contributed by atoms with Crippen LogP contribution in [0.15, 0.2) is 42.7 Å². The van der Waals surface area contributed by atoms with Crippen LogP contribution in [-0.4, -0.2) is 22.4 Å². The number of hydrogen-bond donors (Lipinski definition) is 2. The van der Waals surface area contributed by atoms with E-state index >= 15 is 0 Å². The molecular formula is C16H15N3O2. The van der Waals surface area contributed by atoms with Gasteiger partial charge in [0.25, 0.3) is 0 Å². The Labute approximate surface area is 121 Å². The van der Waals surface area contributed by atoms with Crippen LogP contribution in [0.2, 0.25) is 0 Å². The van der Waals surface area contributed by atoms with Gasteiger partial charge in [-0.1, -0.05) is 6.07 Å². The number of aromatic amines is 1. The normalized spacial score (nSPS) is 10.7. The van der Waals surface area contributed by atoms with Crippen LogP contribution in [0.5, 0.6) is 5.75 Å². The van der Waals surface area contributed by atoms with Gasteiger partial charge in [-0.15, -0.1) is 0 Å². The van der Waals surface area contributed by atoms with Crippen LogP contribution >= 0.6 is 0 Å². The first-order valence-electron chi connectivity index (χ1n) is 6.70. The number of pyridine rings is 1. The lowest BCUT2D eigenvalue weighted by molar-refractivity contribution is 0.103. The Morgan fingerprint density at radius 1 is 1.29 bits per heavy atom. The van der Waals surface area contributed by atoms with Gasteiger partial charge in [-0.25, -0.2) is 4.98 Å². The lowest BCUT2D eigenvalue weighted by Crippen LogP contribution is -2.07. The largest absolute Gasteiger partial charge is 0.491 e. The maximum absolute atomic E-state index is 12.8. The van der Waals surface area contributed by atoms with Gasteiger partial charge in [-0.2, -0.15) is 0 Å². The molecule has 2 heterocycles. The second kappa shape index (κ2) is 5.28. The Morgan fingerprint density at radius 2 is 2.14 bits per heavy atom. The third-order valence-electron chi connectivity index (χ3n) is 3.27. The van der Waals surface area contributed by atoms with Crippen LogP contribution in [0.1, 0.15) is 22.8 Å². The molecule has 0 aliphatic heterocycles. The third kappa shape index (κ3) is 2.23. The van der Waals surface area contributed by atoms with E-state index in [-0.39, 0.29) is 5.78 Å². The van der Waals surface area contributed by atoms with Gasteiger partial charge in [0.2, 0.25) is 0 Å². The number of fused-ring (bicyclic) bond motifs is 1. The fourth-order valence-electron chi connectivity index (χ4n) is 2.33. The molecule has 1 aromatic carbocycles. The molecule has 0 fully saturated rings. The number of nitrogens with two attached hydrogens (primary N) is 1. The summed E-state index contributed by atoms with van der Waals surface area (Å²) < 4.78 is 5.53. The molecule has 0 aliphatic rings. The fraction of sp³-hybridized carbons (Fsp3) is 0.125. The molecule has 0 saturated heterocycles. The molecule has 5 heteroatoms. The number of benzene rings is 1. The van der Waals surface area contributed by atoms with Gasteiger partial charge in [0.05, 0.1) is 17.9 Å². The number of carbonyl (C=O) groups is 1. The van der Waals surface area contributed by atoms with E-state index < -0.39 is 0 Å². The predicted molar refractivity (Wildman–Crippen MR) is 81.5 cm³/mol. The highest BCUT2D eigenvalue weighted by Gasteiger charge is 2.19. The van der Waals surface area contributed by atoms with E-state index in [9.17, 15) is 4.79 Å². The van der Waals surface area contributed by atoms with Gasteiger partial charge in [0, 0.05) is 23.3 Å². The van der Waals surface area contributed by atoms with E-state index in [0.29, 0.717) is 34.8 Å². The molecule has 3 N–H and O–H groups in total. The molecule has 3 aromatic rings. The topological polar surface area (TPSA) is 81.0 Å². The number of nitrogens with one attached hydrogen (secondary N) is 1. The van der Waals surface area contributed by atoms with Gasteiger partial charge in [0.15, 0.2) is 11.5 Å². The number of H-pyrrole nitrogens is 1. The van der Waals surface area contributed by atoms with E-state index in [1.54, 1.807) is 36.7 Å². The van der Waals surface area contributed by atoms with Crippen LogP contribution in [0.3, 0.4) is 0 Å². The minimum atomic E-state index is -0.134. The quantitative estimate of drug-likeness (QED) is 0.569. The molecular weight excluding hydrogens is 266 g/mol. The Hall–Kier alpha value is -2.82. The van der Waals surface area contributed by atoms with Crippen molar-refractivity contribution in [1.29, 1.82) is 0 Å². The minimum absolute atomic E-state index is 0.134. The SMILES string of the molecule is CCOc1c(N)cccc1C(=O)c1c[nH]c2ncccc12. The van der Waals surface area contributed by atoms with E-state index in [4.69, 9.17) is 10.5 Å². The van der Waals surface area contributed by atoms with Crippen molar-refractivity contribution >= 4 is 22.5 Å². The van der Waals surface area contributed by atoms with Crippen molar-refractivity contribution in [1.82, 2.24) is 9.97 Å². The standard InChI is InChI=1S/C16H15N3O2/c1-2-21-15-11(5-3-7-13(15)17)14(20)12-9-19-16-10(12)6-4-8-18-16/h3-9H,2,17H2,1H3,(H,18,19). The molecule has 0 bridgehead atoms. The average Bonchev–Trinajstić information content (AvgIpc) is 2.93. The Kier molecular flexibility index (Phi) is 3.31. The molecule has 3 rings (SSSR count). The predicted octanol–water partition coefficient (Wildman–Crippen LogP) is 2.77. The summed E-state index contributed by atoms with van der Waals surface area (Å²) >= 11 is 0. The summed E-state index contributed by atoms with van der Waals surface area (Å²) in [6.07, 6.45) is 3.35. The molecule has 5 nitrogen and oxygen atoms in total. The van der Waals surface area contributed by atoms with Gasteiger partial charge in [-0.05, 0) is 31.2 Å². The number of aromatic nitrogens is 2. The maximum atomic E-state index is 12.8. The molecule has 21 heavy (non-hydrogen) atoms. The van der Waals surface area contributed by atoms with Crippen molar-refractivity contribution in [3.05, 3.63) is 53.9 Å². The van der Waals surface area contributed by atoms with Gasteiger partial charge >= 0.3 is 0 Å². The number of anilines is 1. The first-order valence-corrected chi connectivity index (χ1v) is 6.70. The van der Waals surface area contributed by atoms with Crippen molar-refractivity contribution < 1.29 is 9.53 Å². The van der Waals surface area contributed by atoms with Crippen LogP contribution in [0, 0.1) is 0 Å². The number of ether oxygens (including phenoxy) is 1. The number of carbonyl (C=O) groups excluding carboxylic acids is 1. The van der Waals surface area contributed by atoms with Crippen LogP contribution in [0.4, 0.5) is 5.69 Å². The third-order valence-corrected chi connectivity index (χ3v) is 3.27. The first kappa shape index (κ1) is 13.2. The highest BCUT2D eigenvalue weighted by molar-refractivity contribution is 6.17. The summed E-state index contributed by atoms with van der Waals surface area (Å²) in [5.41, 5.74) is 8.08. The van der Waals surface area contributed by atoms with Crippen molar-refractivity contribution in [3.8, 4) is 5.75 Å². The van der Waals surface area contributed by atoms with Gasteiger partial charge in [-0.3, -0.25) is 4.79 Å². The Bertz CT molecular complexity index is 808. The summed E-state index contributed by atoms with van der Waals surface area (Å²) in [4.78, 5) is 20.0. The van der Waals surface area contributed by atoms with E-state index in [1.807, 2.05) is 13.0 Å². The second-order valence-electron chi connectivity index (χ2n) is 4.59. The molecule has 106 valence electrons. The zero-order valence-corrected chi connectivity index (χ0v) is 11.6. The fourth-order valence-corrected chi connectivity index (χ4v) is 2.33. The number of para-hydroxylation sites is 1. The smallest absolute Gasteiger partial charge is 0.199 e. The highest BCUT2D eigenvalue weighted by atomic mass is 16.5. The molecule has 0 radical (unpaired) electrons. The van der Waals surface area contributed by atoms with E-state index in [2.05, 4.69) is 9.97 Å². The number of rotatable bonds is 4. The maximum Gasteiger partial charge on any atom is 0.199 e. The summed E-state index contributed by atoms with van der Waals surface area (Å²) in [6.45, 7) is 2.31. The van der Waals surface area contributed by atoms with Gasteiger partial charge in [0.1, 0.15) is 5.65 Å². The Morgan fingerprint density at radius 3 is 2.95 bits per heavy atom. The summed E-state index contributed by atoms with van der Waals surface area (Å²) in [6, 6.07) is 8.85. The summed E-state index contributed by atoms with van der Waals surface area (Å²) in [5.74, 6) is 0.299. The number of nitrogen functional groups attached to an aromatic ring is 1. The zero-order valence-electron chi connectivity index (χ0n) is 11.6. The van der Waals surface area contributed by atoms with Crippen molar-refractivity contribution in [2.45, 2.75) is 6.92 Å². The molecule has 0 unspecified atom stereocenters. The van der Waals surface area contributed by atoms with Crippen molar-refractivity contribution in [3.63, 3.8) is 0 Å². The Balaban J connectivity index is 2.13. The molecule has 0 spiro atoms. The van der Waals surface area contributed by atoms with Gasteiger partial charge < -0.3 is 15.5 Å². The molecule has 0 amide bonds. The molecule has 0 saturated carbocycles. The second-order valence-corrected chi connectivity index (χ2v) is 4.59. The summed E-state index contributed by atoms with van der Waals surface area (Å²) in [5, 5.41) is 0.785. The number of ketones is 1. The zero-order chi connectivity index (χ0) is 14.8. The average molecular weight is 281 g/mol. The van der Waals surface area contributed by atoms with Crippen molar-refractivity contribution in [2.75, 3.05) is 12.3 Å². The number of nitrogens with zero attached hydrogens (tertiary/aromatic N) is 1. The van der Waals surface area contributed by atoms with Crippen LogP contribution in [0.25, 0.3) is 11.0 Å². The van der Waals surface area contributed by atoms with Crippen molar-refractivity contribution in [2.24, 2.45) is 0 Å². The van der Waals surface area contributed by atoms with E-state index in [0.717, 1.165) is 5.39 Å². The lowest BCUT2D eigenvalue weighted by atomic mass is 10.0. The minimum Gasteiger partial charge on any atom is -0.491 e. The lowest BCUT2D eigenvalue weighted by Gasteiger charge is -2.11. The van der Waals surface area contributed by atoms with Crippen LogP contribution < -0.4 is 10.5 Å². The highest BCUT2D eigenvalue weighted by Crippen LogP contribution is 2.30. The molecule has 0 atom stereocenters. The molecule has 2 aromatic heterocycles. The van der Waals surface area contributed by atoms with Crippen LogP contribution in [-0.2, 0) is 0 Å². The number of hydrogen-bond acceptors (Lipinski definition) is 4. The summed E-state index contributed by atoms with van der Waals surface area (Å²) in [7, 11) is 0.